The summed E-state index contributed by atoms with van der Waals surface area (Å²) in [5.41, 5.74) is 1.28. The van der Waals surface area contributed by atoms with Crippen molar-refractivity contribution in [2.75, 3.05) is 20.2 Å². The third kappa shape index (κ3) is 2.64. The highest BCUT2D eigenvalue weighted by Gasteiger charge is 2.16. The fourth-order valence-electron chi connectivity index (χ4n) is 2.07. The molecule has 2 nitrogen and oxygen atoms in total. The Labute approximate surface area is 95.6 Å². The van der Waals surface area contributed by atoms with E-state index in [-0.39, 0.29) is 0 Å². The lowest BCUT2D eigenvalue weighted by molar-refractivity contribution is 0.411. The van der Waals surface area contributed by atoms with Gasteiger partial charge in [-0.2, -0.15) is 0 Å². The summed E-state index contributed by atoms with van der Waals surface area (Å²) in [7, 11) is 1.68. The van der Waals surface area contributed by atoms with Gasteiger partial charge in [-0.1, -0.05) is 11.6 Å². The van der Waals surface area contributed by atoms with Gasteiger partial charge in [-0.3, -0.25) is 0 Å². The van der Waals surface area contributed by atoms with Crippen LogP contribution in [0.3, 0.4) is 0 Å². The highest BCUT2D eigenvalue weighted by atomic mass is 35.5. The Morgan fingerprint density at radius 1 is 1.40 bits per heavy atom. The van der Waals surface area contributed by atoms with Crippen molar-refractivity contribution in [3.05, 3.63) is 28.8 Å². The van der Waals surface area contributed by atoms with Crippen molar-refractivity contribution in [1.29, 1.82) is 0 Å². The first-order valence-corrected chi connectivity index (χ1v) is 5.72. The largest absolute Gasteiger partial charge is 0.497 e. The molecule has 0 radical (unpaired) electrons. The van der Waals surface area contributed by atoms with E-state index < -0.39 is 0 Å². The standard InChI is InChI=1S/C12H16ClNO/c1-15-12-6-10(5-11(13)7-12)9-3-2-4-14-8-9/h5-7,9,14H,2-4,8H2,1H3. The Morgan fingerprint density at radius 3 is 2.93 bits per heavy atom. The number of methoxy groups -OCH3 is 1. The zero-order valence-corrected chi connectivity index (χ0v) is 9.68. The van der Waals surface area contributed by atoms with Crippen molar-refractivity contribution in [3.63, 3.8) is 0 Å². The van der Waals surface area contributed by atoms with E-state index in [1.165, 1.54) is 18.4 Å². The Bertz CT molecular complexity index is 334. The first kappa shape index (κ1) is 10.8. The van der Waals surface area contributed by atoms with Crippen LogP contribution < -0.4 is 10.1 Å². The van der Waals surface area contributed by atoms with E-state index >= 15 is 0 Å². The first-order valence-electron chi connectivity index (χ1n) is 5.35. The van der Waals surface area contributed by atoms with Gasteiger partial charge in [0.25, 0.3) is 0 Å². The molecule has 0 saturated carbocycles. The second kappa shape index (κ2) is 4.86. The molecule has 1 aromatic rings. The minimum Gasteiger partial charge on any atom is -0.497 e. The predicted molar refractivity (Wildman–Crippen MR) is 62.8 cm³/mol. The monoisotopic (exact) mass is 225 g/mol. The van der Waals surface area contributed by atoms with Crippen LogP contribution in [0, 0.1) is 0 Å². The molecule has 0 aromatic heterocycles. The van der Waals surface area contributed by atoms with E-state index in [1.54, 1.807) is 7.11 Å². The Kier molecular flexibility index (Phi) is 3.49. The van der Waals surface area contributed by atoms with Crippen LogP contribution in [-0.2, 0) is 0 Å². The third-order valence-electron chi connectivity index (χ3n) is 2.90. The van der Waals surface area contributed by atoms with Gasteiger partial charge < -0.3 is 10.1 Å². The summed E-state index contributed by atoms with van der Waals surface area (Å²) < 4.78 is 5.22. The highest BCUT2D eigenvalue weighted by molar-refractivity contribution is 6.30. The quantitative estimate of drug-likeness (QED) is 0.836. The molecule has 0 aliphatic carbocycles. The summed E-state index contributed by atoms with van der Waals surface area (Å²) in [5.74, 6) is 1.43. The van der Waals surface area contributed by atoms with Gasteiger partial charge in [0.15, 0.2) is 0 Å². The molecule has 1 saturated heterocycles. The van der Waals surface area contributed by atoms with Crippen LogP contribution >= 0.6 is 11.6 Å². The highest BCUT2D eigenvalue weighted by Crippen LogP contribution is 2.29. The van der Waals surface area contributed by atoms with Crippen LogP contribution in [0.4, 0.5) is 0 Å². The normalized spacial score (nSPS) is 21.3. The lowest BCUT2D eigenvalue weighted by Crippen LogP contribution is -2.28. The number of halogens is 1. The van der Waals surface area contributed by atoms with Crippen LogP contribution in [0.25, 0.3) is 0 Å². The Morgan fingerprint density at radius 2 is 2.27 bits per heavy atom. The molecule has 1 unspecified atom stereocenters. The summed E-state index contributed by atoms with van der Waals surface area (Å²) in [6.45, 7) is 2.18. The molecular formula is C12H16ClNO. The summed E-state index contributed by atoms with van der Waals surface area (Å²) in [5, 5.41) is 4.17. The van der Waals surface area contributed by atoms with Gasteiger partial charge in [-0.25, -0.2) is 0 Å². The van der Waals surface area contributed by atoms with E-state index in [0.717, 1.165) is 23.9 Å². The fraction of sp³-hybridized carbons (Fsp3) is 0.500. The van der Waals surface area contributed by atoms with E-state index in [1.807, 2.05) is 12.1 Å². The fourth-order valence-corrected chi connectivity index (χ4v) is 2.31. The SMILES string of the molecule is COc1cc(Cl)cc(C2CCCNC2)c1. The molecule has 1 N–H and O–H groups in total. The first-order chi connectivity index (χ1) is 7.29. The van der Waals surface area contributed by atoms with Gasteiger partial charge in [-0.15, -0.1) is 0 Å². The zero-order chi connectivity index (χ0) is 10.7. The van der Waals surface area contributed by atoms with Gasteiger partial charge in [0, 0.05) is 11.6 Å². The Balaban J connectivity index is 2.22. The van der Waals surface area contributed by atoms with Gasteiger partial charge >= 0.3 is 0 Å². The molecule has 3 heteroatoms. The predicted octanol–water partition coefficient (Wildman–Crippen LogP) is 2.82. The number of hydrogen-bond acceptors (Lipinski definition) is 2. The maximum absolute atomic E-state index is 6.05. The Hall–Kier alpha value is -0.730. The maximum atomic E-state index is 6.05. The van der Waals surface area contributed by atoms with E-state index in [0.29, 0.717) is 5.92 Å². The van der Waals surface area contributed by atoms with Crippen LogP contribution in [0.15, 0.2) is 18.2 Å². The van der Waals surface area contributed by atoms with Crippen molar-refractivity contribution < 1.29 is 4.74 Å². The second-order valence-electron chi connectivity index (χ2n) is 3.97. The lowest BCUT2D eigenvalue weighted by atomic mass is 9.91. The van der Waals surface area contributed by atoms with Crippen LogP contribution in [-0.4, -0.2) is 20.2 Å². The number of hydrogen-bond donors (Lipinski definition) is 1. The number of rotatable bonds is 2. The molecule has 1 aliphatic rings. The summed E-state index contributed by atoms with van der Waals surface area (Å²) >= 11 is 6.05. The van der Waals surface area contributed by atoms with Gasteiger partial charge in [0.1, 0.15) is 5.75 Å². The van der Waals surface area contributed by atoms with Crippen molar-refractivity contribution in [2.45, 2.75) is 18.8 Å². The molecule has 2 rings (SSSR count). The summed E-state index contributed by atoms with van der Waals surface area (Å²) in [6.07, 6.45) is 2.47. The lowest BCUT2D eigenvalue weighted by Gasteiger charge is -2.23. The van der Waals surface area contributed by atoms with Crippen LogP contribution in [0.2, 0.25) is 5.02 Å². The molecule has 0 spiro atoms. The molecule has 1 heterocycles. The number of ether oxygens (including phenoxy) is 1. The average Bonchev–Trinajstić information content (AvgIpc) is 2.29. The third-order valence-corrected chi connectivity index (χ3v) is 3.12. The van der Waals surface area contributed by atoms with Crippen LogP contribution in [0.5, 0.6) is 5.75 Å². The number of nitrogens with one attached hydrogen (secondary N) is 1. The van der Waals surface area contributed by atoms with Gasteiger partial charge in [0.05, 0.1) is 7.11 Å². The van der Waals surface area contributed by atoms with Crippen molar-refractivity contribution in [2.24, 2.45) is 0 Å². The molecule has 0 amide bonds. The van der Waals surface area contributed by atoms with E-state index in [9.17, 15) is 0 Å². The maximum Gasteiger partial charge on any atom is 0.120 e. The average molecular weight is 226 g/mol. The van der Waals surface area contributed by atoms with Crippen molar-refractivity contribution in [3.8, 4) is 5.75 Å². The molecule has 0 bridgehead atoms. The van der Waals surface area contributed by atoms with Gasteiger partial charge in [-0.05, 0) is 49.1 Å². The minimum atomic E-state index is 0.575. The van der Waals surface area contributed by atoms with Gasteiger partial charge in [0.2, 0.25) is 0 Å². The molecule has 82 valence electrons. The summed E-state index contributed by atoms with van der Waals surface area (Å²) in [6, 6.07) is 5.98. The minimum absolute atomic E-state index is 0.575. The molecule has 1 atom stereocenters. The van der Waals surface area contributed by atoms with E-state index in [4.69, 9.17) is 16.3 Å². The molecular weight excluding hydrogens is 210 g/mol. The smallest absolute Gasteiger partial charge is 0.120 e. The summed E-state index contributed by atoms with van der Waals surface area (Å²) in [4.78, 5) is 0. The zero-order valence-electron chi connectivity index (χ0n) is 8.92. The van der Waals surface area contributed by atoms with E-state index in [2.05, 4.69) is 11.4 Å². The van der Waals surface area contributed by atoms with Crippen LogP contribution in [0.1, 0.15) is 24.3 Å². The molecule has 1 aromatic carbocycles. The number of benzene rings is 1. The van der Waals surface area contributed by atoms with Crippen molar-refractivity contribution in [1.82, 2.24) is 5.32 Å². The molecule has 15 heavy (non-hydrogen) atoms. The second-order valence-corrected chi connectivity index (χ2v) is 4.40. The number of piperidine rings is 1. The molecule has 1 aliphatic heterocycles. The van der Waals surface area contributed by atoms with Crippen molar-refractivity contribution >= 4 is 11.6 Å². The molecule has 1 fully saturated rings. The topological polar surface area (TPSA) is 21.3 Å².